The van der Waals surface area contributed by atoms with Crippen molar-refractivity contribution in [2.45, 2.75) is 44.7 Å². The molecular weight excluding hydrogens is 282 g/mol. The quantitative estimate of drug-likeness (QED) is 0.684. The van der Waals surface area contributed by atoms with E-state index in [1.807, 2.05) is 0 Å². The van der Waals surface area contributed by atoms with Gasteiger partial charge in [-0.05, 0) is 44.7 Å². The van der Waals surface area contributed by atoms with Crippen molar-refractivity contribution in [2.75, 3.05) is 13.1 Å². The highest BCUT2D eigenvalue weighted by Gasteiger charge is 2.32. The minimum absolute atomic E-state index is 0.0503. The Morgan fingerprint density at radius 1 is 1.27 bits per heavy atom. The molecule has 6 nitrogen and oxygen atoms in total. The third-order valence-corrected chi connectivity index (χ3v) is 4.58. The number of hydrogen-bond acceptors (Lipinski definition) is 4. The van der Waals surface area contributed by atoms with Crippen LogP contribution in [0.25, 0.3) is 0 Å². The topological polar surface area (TPSA) is 75.5 Å². The summed E-state index contributed by atoms with van der Waals surface area (Å²) < 4.78 is 0. The lowest BCUT2D eigenvalue weighted by molar-refractivity contribution is -0.385. The summed E-state index contributed by atoms with van der Waals surface area (Å²) in [5.74, 6) is -0.136. The molecule has 1 saturated carbocycles. The van der Waals surface area contributed by atoms with Crippen LogP contribution in [0.5, 0.6) is 0 Å². The van der Waals surface area contributed by atoms with Crippen molar-refractivity contribution >= 4 is 11.6 Å². The molecule has 1 aromatic rings. The van der Waals surface area contributed by atoms with E-state index in [9.17, 15) is 14.9 Å². The van der Waals surface area contributed by atoms with Gasteiger partial charge in [-0.15, -0.1) is 0 Å². The molecule has 1 aliphatic carbocycles. The first kappa shape index (κ1) is 15.0. The highest BCUT2D eigenvalue weighted by atomic mass is 16.6. The van der Waals surface area contributed by atoms with E-state index in [-0.39, 0.29) is 17.6 Å². The third kappa shape index (κ3) is 3.27. The van der Waals surface area contributed by atoms with Crippen LogP contribution in [0.15, 0.2) is 18.2 Å². The van der Waals surface area contributed by atoms with Gasteiger partial charge in [0.15, 0.2) is 0 Å². The van der Waals surface area contributed by atoms with Crippen LogP contribution in [-0.2, 0) is 0 Å². The number of nitrogens with zero attached hydrogens (tertiary/aromatic N) is 2. The zero-order valence-corrected chi connectivity index (χ0v) is 12.7. The summed E-state index contributed by atoms with van der Waals surface area (Å²) in [5.41, 5.74) is 1.06. The van der Waals surface area contributed by atoms with E-state index in [0.29, 0.717) is 11.1 Å². The number of piperidine rings is 1. The van der Waals surface area contributed by atoms with Gasteiger partial charge in [-0.2, -0.15) is 0 Å². The molecule has 0 bridgehead atoms. The van der Waals surface area contributed by atoms with Gasteiger partial charge >= 0.3 is 0 Å². The van der Waals surface area contributed by atoms with Crippen LogP contribution in [-0.4, -0.2) is 40.9 Å². The number of nitro benzene ring substituents is 1. The van der Waals surface area contributed by atoms with Crippen LogP contribution >= 0.6 is 0 Å². The standard InChI is InChI=1S/C16H21N3O3/c1-11-10-12(2-5-15(11)19(21)22)16(20)17-13-6-8-18(9-7-13)14-3-4-14/h2,5,10,13-14H,3-4,6-9H2,1H3,(H,17,20). The fourth-order valence-corrected chi connectivity index (χ4v) is 3.12. The minimum Gasteiger partial charge on any atom is -0.349 e. The molecule has 0 aromatic heterocycles. The molecule has 0 spiro atoms. The molecule has 118 valence electrons. The van der Waals surface area contributed by atoms with Gasteiger partial charge in [0.05, 0.1) is 4.92 Å². The summed E-state index contributed by atoms with van der Waals surface area (Å²) in [6, 6.07) is 5.51. The number of hydrogen-bond donors (Lipinski definition) is 1. The van der Waals surface area contributed by atoms with Crippen LogP contribution in [0.1, 0.15) is 41.6 Å². The molecule has 6 heteroatoms. The summed E-state index contributed by atoms with van der Waals surface area (Å²) in [4.78, 5) is 25.2. The second-order valence-corrected chi connectivity index (χ2v) is 6.27. The minimum atomic E-state index is -0.426. The van der Waals surface area contributed by atoms with E-state index in [0.717, 1.165) is 32.0 Å². The highest BCUT2D eigenvalue weighted by molar-refractivity contribution is 5.94. The average Bonchev–Trinajstić information content (AvgIpc) is 3.32. The lowest BCUT2D eigenvalue weighted by Gasteiger charge is -2.32. The molecule has 1 N–H and O–H groups in total. The fourth-order valence-electron chi connectivity index (χ4n) is 3.12. The van der Waals surface area contributed by atoms with Crippen molar-refractivity contribution in [3.63, 3.8) is 0 Å². The number of likely N-dealkylation sites (tertiary alicyclic amines) is 1. The Hall–Kier alpha value is -1.95. The zero-order chi connectivity index (χ0) is 15.7. The van der Waals surface area contributed by atoms with Crippen molar-refractivity contribution in [3.05, 3.63) is 39.4 Å². The Morgan fingerprint density at radius 3 is 2.50 bits per heavy atom. The van der Waals surface area contributed by atoms with E-state index in [1.165, 1.54) is 25.0 Å². The summed E-state index contributed by atoms with van der Waals surface area (Å²) >= 11 is 0. The maximum Gasteiger partial charge on any atom is 0.272 e. The summed E-state index contributed by atoms with van der Waals surface area (Å²) in [6.07, 6.45) is 4.60. The van der Waals surface area contributed by atoms with E-state index in [4.69, 9.17) is 0 Å². The molecule has 1 aliphatic heterocycles. The Kier molecular flexibility index (Phi) is 4.11. The molecule has 22 heavy (non-hydrogen) atoms. The van der Waals surface area contributed by atoms with Gasteiger partial charge in [0.1, 0.15) is 0 Å². The van der Waals surface area contributed by atoms with Gasteiger partial charge in [0.2, 0.25) is 0 Å². The average molecular weight is 303 g/mol. The van der Waals surface area contributed by atoms with Gasteiger partial charge in [0.25, 0.3) is 11.6 Å². The maximum atomic E-state index is 12.3. The van der Waals surface area contributed by atoms with E-state index in [2.05, 4.69) is 10.2 Å². The Balaban J connectivity index is 1.57. The molecule has 3 rings (SSSR count). The van der Waals surface area contributed by atoms with Crippen LogP contribution in [0.2, 0.25) is 0 Å². The maximum absolute atomic E-state index is 12.3. The van der Waals surface area contributed by atoms with Crippen LogP contribution in [0, 0.1) is 17.0 Å². The predicted molar refractivity (Wildman–Crippen MR) is 82.9 cm³/mol. The Morgan fingerprint density at radius 2 is 1.95 bits per heavy atom. The number of nitro groups is 1. The van der Waals surface area contributed by atoms with Gasteiger partial charge in [0, 0.05) is 42.4 Å². The molecule has 0 atom stereocenters. The molecular formula is C16H21N3O3. The largest absolute Gasteiger partial charge is 0.349 e. The summed E-state index contributed by atoms with van der Waals surface area (Å²) in [7, 11) is 0. The molecule has 0 radical (unpaired) electrons. The van der Waals surface area contributed by atoms with E-state index in [1.54, 1.807) is 13.0 Å². The van der Waals surface area contributed by atoms with E-state index < -0.39 is 4.92 Å². The first-order valence-corrected chi connectivity index (χ1v) is 7.84. The SMILES string of the molecule is Cc1cc(C(=O)NC2CCN(C3CC3)CC2)ccc1[N+](=O)[O-]. The second kappa shape index (κ2) is 6.04. The van der Waals surface area contributed by atoms with Crippen LogP contribution in [0.4, 0.5) is 5.69 Å². The van der Waals surface area contributed by atoms with Crippen molar-refractivity contribution in [3.8, 4) is 0 Å². The second-order valence-electron chi connectivity index (χ2n) is 6.27. The third-order valence-electron chi connectivity index (χ3n) is 4.58. The number of aryl methyl sites for hydroxylation is 1. The van der Waals surface area contributed by atoms with Crippen molar-refractivity contribution in [2.24, 2.45) is 0 Å². The van der Waals surface area contributed by atoms with Crippen molar-refractivity contribution < 1.29 is 9.72 Å². The van der Waals surface area contributed by atoms with Crippen molar-refractivity contribution in [1.82, 2.24) is 10.2 Å². The van der Waals surface area contributed by atoms with Gasteiger partial charge < -0.3 is 10.2 Å². The normalized spacial score (nSPS) is 19.9. The number of amides is 1. The van der Waals surface area contributed by atoms with Crippen LogP contribution in [0.3, 0.4) is 0 Å². The Bertz CT molecular complexity index is 590. The predicted octanol–water partition coefficient (Wildman–Crippen LogP) is 2.26. The number of rotatable bonds is 4. The molecule has 1 saturated heterocycles. The summed E-state index contributed by atoms with van der Waals surface area (Å²) in [5, 5.41) is 13.9. The van der Waals surface area contributed by atoms with Gasteiger partial charge in [-0.25, -0.2) is 0 Å². The number of benzene rings is 1. The van der Waals surface area contributed by atoms with Crippen molar-refractivity contribution in [1.29, 1.82) is 0 Å². The Labute approximate surface area is 129 Å². The highest BCUT2D eigenvalue weighted by Crippen LogP contribution is 2.29. The number of carbonyl (C=O) groups is 1. The molecule has 2 fully saturated rings. The zero-order valence-electron chi connectivity index (χ0n) is 12.7. The smallest absolute Gasteiger partial charge is 0.272 e. The fraction of sp³-hybridized carbons (Fsp3) is 0.562. The molecule has 0 unspecified atom stereocenters. The molecule has 1 amide bonds. The van der Waals surface area contributed by atoms with Gasteiger partial charge in [-0.3, -0.25) is 14.9 Å². The number of carbonyl (C=O) groups excluding carboxylic acids is 1. The summed E-state index contributed by atoms with van der Waals surface area (Å²) in [6.45, 7) is 3.76. The van der Waals surface area contributed by atoms with Crippen LogP contribution < -0.4 is 5.32 Å². The van der Waals surface area contributed by atoms with Gasteiger partial charge in [-0.1, -0.05) is 0 Å². The molecule has 1 aromatic carbocycles. The first-order chi connectivity index (χ1) is 10.5. The first-order valence-electron chi connectivity index (χ1n) is 7.84. The van der Waals surface area contributed by atoms with E-state index >= 15 is 0 Å². The lowest BCUT2D eigenvalue weighted by Crippen LogP contribution is -2.45. The number of nitrogens with one attached hydrogen (secondary N) is 1. The molecule has 1 heterocycles. The monoisotopic (exact) mass is 303 g/mol. The lowest BCUT2D eigenvalue weighted by atomic mass is 10.0. The molecule has 2 aliphatic rings.